The highest BCUT2D eigenvalue weighted by atomic mass is 35.5. The van der Waals surface area contributed by atoms with Crippen LogP contribution in [0.3, 0.4) is 0 Å². The van der Waals surface area contributed by atoms with Crippen LogP contribution in [0.25, 0.3) is 0 Å². The van der Waals surface area contributed by atoms with Crippen molar-refractivity contribution < 1.29 is 4.74 Å². The summed E-state index contributed by atoms with van der Waals surface area (Å²) in [6.45, 7) is 2.12. The SMILES string of the molecule is COCCNCc1ccc(Cl)cc1Sc1n[nH]c(=O)n1C. The largest absolute Gasteiger partial charge is 0.383 e. The Labute approximate surface area is 131 Å². The molecule has 6 nitrogen and oxygen atoms in total. The maximum absolute atomic E-state index is 11.4. The van der Waals surface area contributed by atoms with E-state index in [0.29, 0.717) is 23.3 Å². The number of hydrogen-bond donors (Lipinski definition) is 2. The minimum absolute atomic E-state index is 0.237. The van der Waals surface area contributed by atoms with Gasteiger partial charge in [0.1, 0.15) is 0 Å². The Bertz CT molecular complexity index is 656. The number of benzene rings is 1. The summed E-state index contributed by atoms with van der Waals surface area (Å²) in [5.41, 5.74) is 0.857. The van der Waals surface area contributed by atoms with Gasteiger partial charge in [-0.05, 0) is 29.5 Å². The Morgan fingerprint density at radius 1 is 1.52 bits per heavy atom. The molecule has 0 bridgehead atoms. The van der Waals surface area contributed by atoms with E-state index in [-0.39, 0.29) is 5.69 Å². The van der Waals surface area contributed by atoms with Crippen molar-refractivity contribution in [1.29, 1.82) is 0 Å². The van der Waals surface area contributed by atoms with E-state index in [0.717, 1.165) is 17.0 Å². The average molecular weight is 329 g/mol. The molecule has 21 heavy (non-hydrogen) atoms. The lowest BCUT2D eigenvalue weighted by atomic mass is 10.2. The van der Waals surface area contributed by atoms with Crippen molar-refractivity contribution in [1.82, 2.24) is 20.1 Å². The van der Waals surface area contributed by atoms with Gasteiger partial charge in [-0.25, -0.2) is 9.89 Å². The lowest BCUT2D eigenvalue weighted by Crippen LogP contribution is -2.19. The third-order valence-corrected chi connectivity index (χ3v) is 4.25. The molecule has 114 valence electrons. The van der Waals surface area contributed by atoms with E-state index in [1.54, 1.807) is 14.2 Å². The highest BCUT2D eigenvalue weighted by Crippen LogP contribution is 2.30. The summed E-state index contributed by atoms with van der Waals surface area (Å²) >= 11 is 7.47. The van der Waals surface area contributed by atoms with Crippen LogP contribution in [-0.4, -0.2) is 35.0 Å². The Hall–Kier alpha value is -1.28. The fourth-order valence-corrected chi connectivity index (χ4v) is 2.89. The standard InChI is InChI=1S/C13H17ClN4O2S/c1-18-12(19)16-17-13(18)21-11-7-10(14)4-3-9(11)8-15-5-6-20-2/h3-4,7,15H,5-6,8H2,1-2H3,(H,16,19). The van der Waals surface area contributed by atoms with E-state index in [2.05, 4.69) is 15.5 Å². The second-order valence-electron chi connectivity index (χ2n) is 4.39. The summed E-state index contributed by atoms with van der Waals surface area (Å²) in [5, 5.41) is 11.0. The molecule has 0 spiro atoms. The molecule has 8 heteroatoms. The van der Waals surface area contributed by atoms with Gasteiger partial charge in [0.25, 0.3) is 0 Å². The number of methoxy groups -OCH3 is 1. The molecule has 0 saturated carbocycles. The maximum atomic E-state index is 11.4. The first-order valence-corrected chi connectivity index (χ1v) is 7.58. The summed E-state index contributed by atoms with van der Waals surface area (Å²) < 4.78 is 6.47. The molecule has 0 amide bonds. The normalized spacial score (nSPS) is 11.0. The summed E-state index contributed by atoms with van der Waals surface area (Å²) in [6, 6.07) is 5.69. The molecular weight excluding hydrogens is 312 g/mol. The van der Waals surface area contributed by atoms with Gasteiger partial charge >= 0.3 is 5.69 Å². The predicted octanol–water partition coefficient (Wildman–Crippen LogP) is 1.65. The number of nitrogens with zero attached hydrogens (tertiary/aromatic N) is 2. The maximum Gasteiger partial charge on any atom is 0.343 e. The minimum atomic E-state index is -0.237. The zero-order valence-electron chi connectivity index (χ0n) is 11.9. The van der Waals surface area contributed by atoms with Crippen molar-refractivity contribution in [3.63, 3.8) is 0 Å². The first kappa shape index (κ1) is 16.1. The van der Waals surface area contributed by atoms with Crippen LogP contribution in [0.1, 0.15) is 5.56 Å². The summed E-state index contributed by atoms with van der Waals surface area (Å²) in [4.78, 5) is 12.4. The summed E-state index contributed by atoms with van der Waals surface area (Å²) in [5.74, 6) is 0. The first-order chi connectivity index (χ1) is 10.1. The number of aromatic nitrogens is 3. The number of ether oxygens (including phenoxy) is 1. The van der Waals surface area contributed by atoms with Crippen molar-refractivity contribution in [2.45, 2.75) is 16.6 Å². The van der Waals surface area contributed by atoms with Crippen LogP contribution in [0.2, 0.25) is 5.02 Å². The molecule has 2 aromatic rings. The monoisotopic (exact) mass is 328 g/mol. The molecule has 0 unspecified atom stereocenters. The van der Waals surface area contributed by atoms with Crippen LogP contribution in [-0.2, 0) is 18.3 Å². The van der Waals surface area contributed by atoms with Crippen LogP contribution >= 0.6 is 23.4 Å². The number of aromatic amines is 1. The zero-order chi connectivity index (χ0) is 15.2. The van der Waals surface area contributed by atoms with E-state index in [1.807, 2.05) is 18.2 Å². The second kappa shape index (κ2) is 7.65. The highest BCUT2D eigenvalue weighted by molar-refractivity contribution is 7.99. The molecule has 2 N–H and O–H groups in total. The van der Waals surface area contributed by atoms with Crippen molar-refractivity contribution in [2.24, 2.45) is 7.05 Å². The van der Waals surface area contributed by atoms with Crippen molar-refractivity contribution in [2.75, 3.05) is 20.3 Å². The minimum Gasteiger partial charge on any atom is -0.383 e. The molecule has 0 fully saturated rings. The van der Waals surface area contributed by atoms with Gasteiger partial charge < -0.3 is 10.1 Å². The van der Waals surface area contributed by atoms with Gasteiger partial charge in [-0.2, -0.15) is 0 Å². The van der Waals surface area contributed by atoms with Gasteiger partial charge in [0.15, 0.2) is 5.16 Å². The van der Waals surface area contributed by atoms with Crippen molar-refractivity contribution >= 4 is 23.4 Å². The van der Waals surface area contributed by atoms with Crippen LogP contribution in [0.15, 0.2) is 33.0 Å². The molecule has 0 atom stereocenters. The van der Waals surface area contributed by atoms with E-state index >= 15 is 0 Å². The summed E-state index contributed by atoms with van der Waals surface area (Å²) in [6.07, 6.45) is 0. The van der Waals surface area contributed by atoms with Gasteiger partial charge in [0.05, 0.1) is 6.61 Å². The number of nitrogens with one attached hydrogen (secondary N) is 2. The third-order valence-electron chi connectivity index (χ3n) is 2.87. The highest BCUT2D eigenvalue weighted by Gasteiger charge is 2.10. The molecule has 2 rings (SSSR count). The Morgan fingerprint density at radius 3 is 3.00 bits per heavy atom. The number of H-pyrrole nitrogens is 1. The molecule has 1 aromatic carbocycles. The lowest BCUT2D eigenvalue weighted by molar-refractivity contribution is 0.199. The van der Waals surface area contributed by atoms with Gasteiger partial charge in [-0.1, -0.05) is 17.7 Å². The van der Waals surface area contributed by atoms with Gasteiger partial charge in [-0.3, -0.25) is 4.57 Å². The van der Waals surface area contributed by atoms with E-state index in [4.69, 9.17) is 16.3 Å². The smallest absolute Gasteiger partial charge is 0.343 e. The lowest BCUT2D eigenvalue weighted by Gasteiger charge is -2.10. The molecule has 0 radical (unpaired) electrons. The second-order valence-corrected chi connectivity index (χ2v) is 5.84. The molecule has 1 aromatic heterocycles. The Morgan fingerprint density at radius 2 is 2.33 bits per heavy atom. The number of rotatable bonds is 7. The van der Waals surface area contributed by atoms with Crippen LogP contribution < -0.4 is 11.0 Å². The number of hydrogen-bond acceptors (Lipinski definition) is 5. The first-order valence-electron chi connectivity index (χ1n) is 6.39. The van der Waals surface area contributed by atoms with Crippen molar-refractivity contribution in [3.8, 4) is 0 Å². The predicted molar refractivity (Wildman–Crippen MR) is 83.0 cm³/mol. The van der Waals surface area contributed by atoms with Crippen LogP contribution in [0, 0.1) is 0 Å². The number of halogens is 1. The van der Waals surface area contributed by atoms with Gasteiger partial charge in [0, 0.05) is 37.2 Å². The molecule has 0 aliphatic rings. The van der Waals surface area contributed by atoms with E-state index in [9.17, 15) is 4.79 Å². The van der Waals surface area contributed by atoms with Crippen LogP contribution in [0.4, 0.5) is 0 Å². The average Bonchev–Trinajstić information content (AvgIpc) is 2.77. The third kappa shape index (κ3) is 4.34. The van der Waals surface area contributed by atoms with Gasteiger partial charge in [0.2, 0.25) is 0 Å². The fraction of sp³-hybridized carbons (Fsp3) is 0.385. The Kier molecular flexibility index (Phi) is 5.86. The molecule has 0 aliphatic heterocycles. The van der Waals surface area contributed by atoms with Crippen molar-refractivity contribution in [3.05, 3.63) is 39.3 Å². The molecular formula is C13H17ClN4O2S. The quantitative estimate of drug-likeness (QED) is 0.756. The molecule has 0 aliphatic carbocycles. The van der Waals surface area contributed by atoms with Gasteiger partial charge in [-0.15, -0.1) is 5.10 Å². The zero-order valence-corrected chi connectivity index (χ0v) is 13.4. The van der Waals surface area contributed by atoms with E-state index in [1.165, 1.54) is 16.3 Å². The fourth-order valence-electron chi connectivity index (χ4n) is 1.69. The molecule has 0 saturated heterocycles. The molecule has 1 heterocycles. The van der Waals surface area contributed by atoms with E-state index < -0.39 is 0 Å². The summed E-state index contributed by atoms with van der Waals surface area (Å²) in [7, 11) is 3.35. The Balaban J connectivity index is 2.15. The van der Waals surface area contributed by atoms with Crippen LogP contribution in [0.5, 0.6) is 0 Å². The topological polar surface area (TPSA) is 71.9 Å².